The Labute approximate surface area is 130 Å². The molecule has 0 saturated carbocycles. The molecule has 3 N–H and O–H groups in total. The maximum atomic E-state index is 12.3. The van der Waals surface area contributed by atoms with Crippen molar-refractivity contribution < 1.29 is 14.6 Å². The van der Waals surface area contributed by atoms with Crippen LogP contribution in [0.5, 0.6) is 11.5 Å². The maximum absolute atomic E-state index is 12.3. The molecule has 2 aliphatic rings. The Morgan fingerprint density at radius 3 is 2.62 bits per heavy atom. The number of benzene rings is 1. The van der Waals surface area contributed by atoms with Gasteiger partial charge in [0.25, 0.3) is 5.91 Å². The van der Waals surface area contributed by atoms with E-state index in [1.807, 2.05) is 0 Å². The van der Waals surface area contributed by atoms with Crippen molar-refractivity contribution in [1.82, 2.24) is 10.6 Å². The van der Waals surface area contributed by atoms with Gasteiger partial charge >= 0.3 is 0 Å². The number of carbonyl (C=O) groups is 1. The highest BCUT2D eigenvalue weighted by Gasteiger charge is 2.34. The van der Waals surface area contributed by atoms with E-state index in [0.717, 1.165) is 12.8 Å². The molecule has 1 aromatic carbocycles. The molecule has 2 atom stereocenters. The van der Waals surface area contributed by atoms with Gasteiger partial charge in [0.15, 0.2) is 0 Å². The van der Waals surface area contributed by atoms with Crippen molar-refractivity contribution >= 4 is 18.3 Å². The number of fused-ring (bicyclic) bond motifs is 2. The van der Waals surface area contributed by atoms with Gasteiger partial charge in [0.2, 0.25) is 0 Å². The van der Waals surface area contributed by atoms with Gasteiger partial charge in [0.05, 0.1) is 12.7 Å². The molecule has 2 heterocycles. The molecule has 0 aliphatic carbocycles. The lowest BCUT2D eigenvalue weighted by molar-refractivity contribution is 0.0921. The maximum Gasteiger partial charge on any atom is 0.255 e. The van der Waals surface area contributed by atoms with E-state index in [0.29, 0.717) is 17.8 Å². The van der Waals surface area contributed by atoms with Gasteiger partial charge in [-0.15, -0.1) is 12.4 Å². The van der Waals surface area contributed by atoms with Crippen molar-refractivity contribution in [1.29, 1.82) is 0 Å². The number of ether oxygens (including phenoxy) is 1. The number of hydrogen-bond acceptors (Lipinski definition) is 4. The van der Waals surface area contributed by atoms with E-state index < -0.39 is 0 Å². The van der Waals surface area contributed by atoms with Gasteiger partial charge in [0.1, 0.15) is 11.5 Å². The van der Waals surface area contributed by atoms with Gasteiger partial charge in [-0.3, -0.25) is 4.79 Å². The van der Waals surface area contributed by atoms with Crippen molar-refractivity contribution in [2.24, 2.45) is 0 Å². The molecule has 2 fully saturated rings. The molecule has 2 aliphatic heterocycles. The van der Waals surface area contributed by atoms with Crippen LogP contribution in [0.25, 0.3) is 0 Å². The first kappa shape index (κ1) is 15.9. The zero-order valence-corrected chi connectivity index (χ0v) is 12.8. The molecule has 2 bridgehead atoms. The topological polar surface area (TPSA) is 70.6 Å². The molecular formula is C15H21ClN2O3. The normalized spacial score (nSPS) is 26.8. The van der Waals surface area contributed by atoms with Gasteiger partial charge in [-0.25, -0.2) is 0 Å². The molecule has 0 spiro atoms. The molecule has 3 rings (SSSR count). The second-order valence-electron chi connectivity index (χ2n) is 5.66. The van der Waals surface area contributed by atoms with Crippen molar-refractivity contribution in [3.63, 3.8) is 0 Å². The van der Waals surface area contributed by atoms with Crippen molar-refractivity contribution in [3.05, 3.63) is 23.8 Å². The number of phenols is 1. The zero-order valence-electron chi connectivity index (χ0n) is 12.0. The fourth-order valence-electron chi connectivity index (χ4n) is 3.26. The summed E-state index contributed by atoms with van der Waals surface area (Å²) in [5.74, 6) is 0.325. The van der Waals surface area contributed by atoms with Gasteiger partial charge < -0.3 is 20.5 Å². The van der Waals surface area contributed by atoms with Crippen LogP contribution in [0.4, 0.5) is 0 Å². The van der Waals surface area contributed by atoms with Crippen LogP contribution < -0.4 is 15.4 Å². The molecule has 5 nitrogen and oxygen atoms in total. The Bertz CT molecular complexity index is 512. The fraction of sp³-hybridized carbons (Fsp3) is 0.533. The molecule has 0 radical (unpaired) electrons. The van der Waals surface area contributed by atoms with Crippen LogP contribution >= 0.6 is 12.4 Å². The minimum atomic E-state index is -0.229. The van der Waals surface area contributed by atoms with Crippen LogP contribution in [0.1, 0.15) is 36.0 Å². The number of amides is 1. The van der Waals surface area contributed by atoms with Crippen LogP contribution in [0.3, 0.4) is 0 Å². The summed E-state index contributed by atoms with van der Waals surface area (Å²) in [4.78, 5) is 12.3. The number of methoxy groups -OCH3 is 1. The fourth-order valence-corrected chi connectivity index (χ4v) is 3.26. The Hall–Kier alpha value is -1.46. The standard InChI is InChI=1S/C15H20N2O3.ClH/c1-20-12-4-5-14(18)13(8-12)15(19)17-11-6-9-2-3-10(7-11)16-9;/h4-5,8-11,16,18H,2-3,6-7H2,1H3,(H,17,19);1H. The van der Waals surface area contributed by atoms with E-state index >= 15 is 0 Å². The van der Waals surface area contributed by atoms with E-state index in [2.05, 4.69) is 10.6 Å². The Kier molecular flexibility index (Phi) is 4.96. The molecule has 1 aromatic rings. The molecule has 21 heavy (non-hydrogen) atoms. The van der Waals surface area contributed by atoms with Gasteiger partial charge in [-0.2, -0.15) is 0 Å². The Morgan fingerprint density at radius 1 is 1.33 bits per heavy atom. The number of carbonyl (C=O) groups excluding carboxylic acids is 1. The number of rotatable bonds is 3. The van der Waals surface area contributed by atoms with Crippen LogP contribution in [0.15, 0.2) is 18.2 Å². The summed E-state index contributed by atoms with van der Waals surface area (Å²) in [6, 6.07) is 5.93. The molecule has 2 saturated heterocycles. The summed E-state index contributed by atoms with van der Waals surface area (Å²) in [5, 5.41) is 16.4. The number of halogens is 1. The largest absolute Gasteiger partial charge is 0.507 e. The van der Waals surface area contributed by atoms with Gasteiger partial charge in [-0.1, -0.05) is 0 Å². The monoisotopic (exact) mass is 312 g/mol. The first-order valence-electron chi connectivity index (χ1n) is 7.09. The Balaban J connectivity index is 0.00000161. The number of aromatic hydroxyl groups is 1. The summed E-state index contributed by atoms with van der Waals surface area (Å²) >= 11 is 0. The third kappa shape index (κ3) is 3.41. The highest BCUT2D eigenvalue weighted by Crippen LogP contribution is 2.28. The molecular weight excluding hydrogens is 292 g/mol. The van der Waals surface area contributed by atoms with Crippen LogP contribution in [0.2, 0.25) is 0 Å². The van der Waals surface area contributed by atoms with Crippen molar-refractivity contribution in [2.45, 2.75) is 43.8 Å². The molecule has 116 valence electrons. The average Bonchev–Trinajstić information content (AvgIpc) is 2.78. The number of piperidine rings is 1. The molecule has 0 aromatic heterocycles. The first-order chi connectivity index (χ1) is 9.65. The summed E-state index contributed by atoms with van der Waals surface area (Å²) in [7, 11) is 1.54. The summed E-state index contributed by atoms with van der Waals surface area (Å²) < 4.78 is 5.09. The van der Waals surface area contributed by atoms with Crippen LogP contribution in [0, 0.1) is 0 Å². The molecule has 1 amide bonds. The average molecular weight is 313 g/mol. The molecule has 6 heteroatoms. The number of phenolic OH excluding ortho intramolecular Hbond substituents is 1. The second kappa shape index (κ2) is 6.54. The SMILES string of the molecule is COc1ccc(O)c(C(=O)NC2CC3CCC(C2)N3)c1.Cl. The Morgan fingerprint density at radius 2 is 2.00 bits per heavy atom. The summed E-state index contributed by atoms with van der Waals surface area (Å²) in [6.45, 7) is 0. The first-order valence-corrected chi connectivity index (χ1v) is 7.09. The van der Waals surface area contributed by atoms with Gasteiger partial charge in [-0.05, 0) is 43.9 Å². The number of hydrogen-bond donors (Lipinski definition) is 3. The van der Waals surface area contributed by atoms with E-state index in [-0.39, 0.29) is 35.7 Å². The van der Waals surface area contributed by atoms with E-state index in [4.69, 9.17) is 4.74 Å². The third-order valence-corrected chi connectivity index (χ3v) is 4.26. The van der Waals surface area contributed by atoms with Crippen molar-refractivity contribution in [2.75, 3.05) is 7.11 Å². The third-order valence-electron chi connectivity index (χ3n) is 4.26. The predicted octanol–water partition coefficient (Wildman–Crippen LogP) is 1.84. The molecule has 2 unspecified atom stereocenters. The summed E-state index contributed by atoms with van der Waals surface area (Å²) in [5.41, 5.74) is 0.273. The smallest absolute Gasteiger partial charge is 0.255 e. The minimum absolute atomic E-state index is 0. The lowest BCUT2D eigenvalue weighted by Gasteiger charge is -2.29. The van der Waals surface area contributed by atoms with E-state index in [1.165, 1.54) is 18.9 Å². The lowest BCUT2D eigenvalue weighted by Crippen LogP contribution is -2.48. The zero-order chi connectivity index (χ0) is 14.1. The highest BCUT2D eigenvalue weighted by molar-refractivity contribution is 5.97. The summed E-state index contributed by atoms with van der Waals surface area (Å²) in [6.07, 6.45) is 4.32. The van der Waals surface area contributed by atoms with Crippen LogP contribution in [-0.2, 0) is 0 Å². The number of nitrogens with one attached hydrogen (secondary N) is 2. The quantitative estimate of drug-likeness (QED) is 0.796. The van der Waals surface area contributed by atoms with Crippen molar-refractivity contribution in [3.8, 4) is 11.5 Å². The van der Waals surface area contributed by atoms with Gasteiger partial charge in [0, 0.05) is 18.1 Å². The lowest BCUT2D eigenvalue weighted by atomic mass is 9.99. The second-order valence-corrected chi connectivity index (χ2v) is 5.66. The minimum Gasteiger partial charge on any atom is -0.507 e. The van der Waals surface area contributed by atoms with E-state index in [1.54, 1.807) is 19.2 Å². The van der Waals surface area contributed by atoms with Crippen LogP contribution in [-0.4, -0.2) is 36.2 Å². The predicted molar refractivity (Wildman–Crippen MR) is 82.3 cm³/mol. The highest BCUT2D eigenvalue weighted by atomic mass is 35.5. The van der Waals surface area contributed by atoms with E-state index in [9.17, 15) is 9.90 Å².